The molecule has 0 bridgehead atoms. The fraction of sp³-hybridized carbons (Fsp3) is 0.500. The maximum Gasteiger partial charge on any atom is 0.311 e. The Hall–Kier alpha value is -2.44. The summed E-state index contributed by atoms with van der Waals surface area (Å²) in [5.41, 5.74) is -0.272. The number of ether oxygens (including phenoxy) is 2. The first-order valence-corrected chi connectivity index (χ1v) is 7.44. The summed E-state index contributed by atoms with van der Waals surface area (Å²) >= 11 is 0. The molecule has 0 aliphatic rings. The molecule has 1 atom stereocenters. The van der Waals surface area contributed by atoms with Crippen molar-refractivity contribution in [1.82, 2.24) is 0 Å². The van der Waals surface area contributed by atoms with Gasteiger partial charge in [0.1, 0.15) is 6.10 Å². The largest absolute Gasteiger partial charge is 0.462 e. The molecule has 0 aliphatic heterocycles. The van der Waals surface area contributed by atoms with Gasteiger partial charge in [-0.1, -0.05) is 26.0 Å². The molecule has 1 rings (SSSR count). The Bertz CT molecular complexity index is 569. The van der Waals surface area contributed by atoms with Crippen LogP contribution in [-0.2, 0) is 14.3 Å². The van der Waals surface area contributed by atoms with Gasteiger partial charge in [0.25, 0.3) is 0 Å². The normalized spacial score (nSPS) is 11.8. The van der Waals surface area contributed by atoms with E-state index in [1.807, 2.05) is 20.8 Å². The van der Waals surface area contributed by atoms with Gasteiger partial charge >= 0.3 is 17.6 Å². The van der Waals surface area contributed by atoms with E-state index < -0.39 is 10.9 Å². The number of rotatable bonds is 8. The summed E-state index contributed by atoms with van der Waals surface area (Å²) in [5, 5.41) is 10.8. The van der Waals surface area contributed by atoms with Crippen LogP contribution in [0.15, 0.2) is 24.3 Å². The lowest BCUT2D eigenvalue weighted by Crippen LogP contribution is -2.20. The molecule has 0 spiro atoms. The van der Waals surface area contributed by atoms with Crippen LogP contribution >= 0.6 is 0 Å². The second-order valence-electron chi connectivity index (χ2n) is 5.49. The van der Waals surface area contributed by atoms with E-state index in [0.29, 0.717) is 0 Å². The standard InChI is InChI=1S/C16H21NO6/c1-11(2)12(3)22-15(18)9-6-10-16(19)23-14-8-5-4-7-13(14)17(20)21/h4-5,7-8,11-12H,6,9-10H2,1-3H3. The third-order valence-electron chi connectivity index (χ3n) is 3.30. The summed E-state index contributed by atoms with van der Waals surface area (Å²) < 4.78 is 10.2. The number of nitro benzene ring substituents is 1. The van der Waals surface area contributed by atoms with Gasteiger partial charge in [0.15, 0.2) is 0 Å². The second kappa shape index (κ2) is 8.87. The summed E-state index contributed by atoms with van der Waals surface area (Å²) in [5.74, 6) is -0.866. The van der Waals surface area contributed by atoms with E-state index in [2.05, 4.69) is 0 Å². The monoisotopic (exact) mass is 323 g/mol. The molecule has 0 fully saturated rings. The van der Waals surface area contributed by atoms with E-state index >= 15 is 0 Å². The van der Waals surface area contributed by atoms with E-state index in [4.69, 9.17) is 9.47 Å². The topological polar surface area (TPSA) is 95.7 Å². The van der Waals surface area contributed by atoms with Crippen LogP contribution in [0, 0.1) is 16.0 Å². The molecule has 7 nitrogen and oxygen atoms in total. The van der Waals surface area contributed by atoms with Gasteiger partial charge in [0.05, 0.1) is 4.92 Å². The van der Waals surface area contributed by atoms with Crippen LogP contribution in [0.5, 0.6) is 5.75 Å². The molecule has 0 amide bonds. The highest BCUT2D eigenvalue weighted by Gasteiger charge is 2.18. The van der Waals surface area contributed by atoms with Gasteiger partial charge in [-0.2, -0.15) is 0 Å². The van der Waals surface area contributed by atoms with Crippen molar-refractivity contribution in [2.24, 2.45) is 5.92 Å². The van der Waals surface area contributed by atoms with Gasteiger partial charge in [-0.15, -0.1) is 0 Å². The molecule has 0 saturated heterocycles. The summed E-state index contributed by atoms with van der Waals surface area (Å²) in [6.45, 7) is 5.70. The molecule has 0 heterocycles. The Morgan fingerprint density at radius 1 is 1.13 bits per heavy atom. The Morgan fingerprint density at radius 2 is 1.74 bits per heavy atom. The van der Waals surface area contributed by atoms with Crippen molar-refractivity contribution in [3.05, 3.63) is 34.4 Å². The summed E-state index contributed by atoms with van der Waals surface area (Å²) in [6.07, 6.45) is 0.171. The molecule has 126 valence electrons. The number of carbonyl (C=O) groups excluding carboxylic acids is 2. The average Bonchev–Trinajstić information content (AvgIpc) is 2.47. The lowest BCUT2D eigenvalue weighted by Gasteiger charge is -2.16. The molecule has 0 radical (unpaired) electrons. The predicted octanol–water partition coefficient (Wildman–Crippen LogP) is 3.26. The van der Waals surface area contributed by atoms with Gasteiger partial charge in [-0.3, -0.25) is 19.7 Å². The number of hydrogen-bond acceptors (Lipinski definition) is 6. The maximum atomic E-state index is 11.7. The van der Waals surface area contributed by atoms with Gasteiger partial charge in [0.2, 0.25) is 5.75 Å². The highest BCUT2D eigenvalue weighted by molar-refractivity contribution is 5.75. The highest BCUT2D eigenvalue weighted by atomic mass is 16.6. The minimum absolute atomic E-state index is 0.0167. The Balaban J connectivity index is 2.41. The quantitative estimate of drug-likeness (QED) is 0.315. The fourth-order valence-corrected chi connectivity index (χ4v) is 1.65. The molecule has 0 saturated carbocycles. The van der Waals surface area contributed by atoms with Gasteiger partial charge < -0.3 is 9.47 Å². The molecule has 0 aromatic heterocycles. The smallest absolute Gasteiger partial charge is 0.311 e. The predicted molar refractivity (Wildman–Crippen MR) is 83.0 cm³/mol. The highest BCUT2D eigenvalue weighted by Crippen LogP contribution is 2.26. The summed E-state index contributed by atoms with van der Waals surface area (Å²) in [4.78, 5) is 33.5. The Labute approximate surface area is 134 Å². The summed E-state index contributed by atoms with van der Waals surface area (Å²) in [7, 11) is 0. The van der Waals surface area contributed by atoms with Crippen molar-refractivity contribution in [3.8, 4) is 5.75 Å². The van der Waals surface area contributed by atoms with E-state index in [1.54, 1.807) is 6.07 Å². The van der Waals surface area contributed by atoms with E-state index in [1.165, 1.54) is 18.2 Å². The van der Waals surface area contributed by atoms with Gasteiger partial charge in [0, 0.05) is 18.9 Å². The maximum absolute atomic E-state index is 11.7. The molecule has 1 unspecified atom stereocenters. The third kappa shape index (κ3) is 6.46. The minimum Gasteiger partial charge on any atom is -0.462 e. The van der Waals surface area contributed by atoms with Crippen molar-refractivity contribution in [2.45, 2.75) is 46.1 Å². The van der Waals surface area contributed by atoms with Gasteiger partial charge in [-0.25, -0.2) is 0 Å². The van der Waals surface area contributed by atoms with Crippen LogP contribution in [0.25, 0.3) is 0 Å². The molecule has 1 aromatic carbocycles. The number of nitrogens with zero attached hydrogens (tertiary/aromatic N) is 1. The van der Waals surface area contributed by atoms with Crippen LogP contribution < -0.4 is 4.74 Å². The zero-order valence-electron chi connectivity index (χ0n) is 13.5. The second-order valence-corrected chi connectivity index (χ2v) is 5.49. The first-order valence-electron chi connectivity index (χ1n) is 7.44. The molecule has 1 aromatic rings. The van der Waals surface area contributed by atoms with Crippen molar-refractivity contribution in [1.29, 1.82) is 0 Å². The SMILES string of the molecule is CC(C)C(C)OC(=O)CCCC(=O)Oc1ccccc1[N+](=O)[O-]. The van der Waals surface area contributed by atoms with E-state index in [-0.39, 0.29) is 48.7 Å². The average molecular weight is 323 g/mol. The molecule has 0 N–H and O–H groups in total. The zero-order chi connectivity index (χ0) is 17.4. The Kier molecular flexibility index (Phi) is 7.18. The number of benzene rings is 1. The molecular weight excluding hydrogens is 302 g/mol. The molecular formula is C16H21NO6. The van der Waals surface area contributed by atoms with Crippen molar-refractivity contribution < 1.29 is 24.0 Å². The Morgan fingerprint density at radius 3 is 2.35 bits per heavy atom. The molecule has 7 heteroatoms. The number of para-hydroxylation sites is 2. The summed E-state index contributed by atoms with van der Waals surface area (Å²) in [6, 6.07) is 5.64. The lowest BCUT2D eigenvalue weighted by molar-refractivity contribution is -0.385. The van der Waals surface area contributed by atoms with Crippen molar-refractivity contribution >= 4 is 17.6 Å². The first kappa shape index (κ1) is 18.6. The van der Waals surface area contributed by atoms with Crippen LogP contribution in [0.3, 0.4) is 0 Å². The minimum atomic E-state index is -0.621. The fourth-order valence-electron chi connectivity index (χ4n) is 1.65. The number of hydrogen-bond donors (Lipinski definition) is 0. The lowest BCUT2D eigenvalue weighted by atomic mass is 10.1. The van der Waals surface area contributed by atoms with Crippen molar-refractivity contribution in [2.75, 3.05) is 0 Å². The van der Waals surface area contributed by atoms with Crippen LogP contribution in [0.1, 0.15) is 40.0 Å². The van der Waals surface area contributed by atoms with Crippen LogP contribution in [0.4, 0.5) is 5.69 Å². The van der Waals surface area contributed by atoms with Crippen LogP contribution in [0.2, 0.25) is 0 Å². The van der Waals surface area contributed by atoms with Gasteiger partial charge in [-0.05, 0) is 25.3 Å². The van der Waals surface area contributed by atoms with Crippen molar-refractivity contribution in [3.63, 3.8) is 0 Å². The third-order valence-corrected chi connectivity index (χ3v) is 3.30. The van der Waals surface area contributed by atoms with E-state index in [9.17, 15) is 19.7 Å². The molecule has 23 heavy (non-hydrogen) atoms. The number of nitro groups is 1. The number of carbonyl (C=O) groups is 2. The van der Waals surface area contributed by atoms with Crippen LogP contribution in [-0.4, -0.2) is 23.0 Å². The first-order chi connectivity index (χ1) is 10.8. The molecule has 0 aliphatic carbocycles. The number of esters is 2. The van der Waals surface area contributed by atoms with E-state index in [0.717, 1.165) is 0 Å². The zero-order valence-corrected chi connectivity index (χ0v) is 13.5.